The SMILES string of the molecule is S.[Ca+2].[H-].[H-].[S]=[Zn]. The quantitative estimate of drug-likeness (QED) is 0.484. The molecule has 0 heterocycles. The van der Waals surface area contributed by atoms with Crippen molar-refractivity contribution >= 4 is 61.3 Å². The molecule has 0 fully saturated rings. The van der Waals surface area contributed by atoms with Crippen LogP contribution in [0.5, 0.6) is 0 Å². The van der Waals surface area contributed by atoms with Gasteiger partial charge >= 0.3 is 64.4 Å². The van der Waals surface area contributed by atoms with E-state index in [0.717, 1.165) is 16.6 Å². The number of hydrogen-bond acceptors (Lipinski definition) is 1. The van der Waals surface area contributed by atoms with Crippen LogP contribution in [-0.2, 0) is 16.6 Å². The molecule has 0 aliphatic rings. The molecule has 0 amide bonds. The third-order valence-electron chi connectivity index (χ3n) is 0. The van der Waals surface area contributed by atoms with Crippen LogP contribution in [0.3, 0.4) is 0 Å². The second kappa shape index (κ2) is 18.0. The standard InChI is InChI=1S/Ca.H2S.S.Zn.2H/h;1H2;;;;/q+2;;;;2*-1. The Hall–Kier alpha value is 2.45. The Balaban J connectivity index is -0.000000000833. The Morgan fingerprint density at radius 2 is 1.50 bits per heavy atom. The van der Waals surface area contributed by atoms with Crippen LogP contribution in [-0.4, -0.2) is 37.7 Å². The summed E-state index contributed by atoms with van der Waals surface area (Å²) in [6.45, 7) is 0. The predicted molar refractivity (Wildman–Crippen MR) is 25.9 cm³/mol. The van der Waals surface area contributed by atoms with Crippen LogP contribution in [0.1, 0.15) is 2.85 Å². The van der Waals surface area contributed by atoms with Gasteiger partial charge in [0.2, 0.25) is 0 Å². The van der Waals surface area contributed by atoms with Crippen molar-refractivity contribution < 1.29 is 19.4 Å². The molecule has 0 aromatic heterocycles. The van der Waals surface area contributed by atoms with Gasteiger partial charge in [-0.15, -0.1) is 0 Å². The molecule has 0 unspecified atom stereocenters. The molecule has 0 rings (SSSR count). The van der Waals surface area contributed by atoms with Crippen LogP contribution < -0.4 is 0 Å². The van der Waals surface area contributed by atoms with Crippen molar-refractivity contribution in [1.29, 1.82) is 0 Å². The molecular formula is H4CaS2Zn. The molecule has 0 aliphatic heterocycles. The molecule has 0 aliphatic carbocycles. The van der Waals surface area contributed by atoms with E-state index in [-0.39, 0.29) is 54.1 Å². The molecule has 0 atom stereocenters. The van der Waals surface area contributed by atoms with E-state index in [1.165, 1.54) is 0 Å². The molecule has 4 heavy (non-hydrogen) atoms. The van der Waals surface area contributed by atoms with E-state index < -0.39 is 0 Å². The van der Waals surface area contributed by atoms with Crippen molar-refractivity contribution in [3.8, 4) is 0 Å². The monoisotopic (exact) mass is 172 g/mol. The first-order chi connectivity index (χ1) is 1.00. The van der Waals surface area contributed by atoms with E-state index in [0.29, 0.717) is 0 Å². The van der Waals surface area contributed by atoms with E-state index in [4.69, 9.17) is 0 Å². The van der Waals surface area contributed by atoms with Crippen LogP contribution >= 0.6 is 23.6 Å². The molecule has 0 nitrogen and oxygen atoms in total. The van der Waals surface area contributed by atoms with Crippen molar-refractivity contribution in [2.24, 2.45) is 0 Å². The van der Waals surface area contributed by atoms with Gasteiger partial charge in [-0.05, 0) is 0 Å². The van der Waals surface area contributed by atoms with Gasteiger partial charge in [0.1, 0.15) is 0 Å². The molecule has 0 saturated carbocycles. The third-order valence-corrected chi connectivity index (χ3v) is 0. The van der Waals surface area contributed by atoms with Crippen molar-refractivity contribution in [2.75, 3.05) is 0 Å². The van der Waals surface area contributed by atoms with Gasteiger partial charge in [0.15, 0.2) is 0 Å². The van der Waals surface area contributed by atoms with Crippen LogP contribution in [0.2, 0.25) is 0 Å². The fraction of sp³-hybridized carbons (Fsp3) is 0. The molecule has 0 bridgehead atoms. The minimum atomic E-state index is 0. The molecule has 20 valence electrons. The van der Waals surface area contributed by atoms with Gasteiger partial charge in [-0.2, -0.15) is 13.5 Å². The summed E-state index contributed by atoms with van der Waals surface area (Å²) in [6, 6.07) is 0. The van der Waals surface area contributed by atoms with Gasteiger partial charge in [-0.3, -0.25) is 0 Å². The first-order valence-corrected chi connectivity index (χ1v) is 4.50. The Bertz CT molecular complexity index is 11.5. The van der Waals surface area contributed by atoms with Gasteiger partial charge in [-0.1, -0.05) is 0 Å². The molecular weight excluding hydrogens is 170 g/mol. The Morgan fingerprint density at radius 1 is 1.50 bits per heavy atom. The van der Waals surface area contributed by atoms with E-state index >= 15 is 0 Å². The second-order valence-corrected chi connectivity index (χ2v) is 0. The van der Waals surface area contributed by atoms with Crippen molar-refractivity contribution in [3.05, 3.63) is 0 Å². The third kappa shape index (κ3) is 8.82. The van der Waals surface area contributed by atoms with Crippen LogP contribution in [0.4, 0.5) is 0 Å². The van der Waals surface area contributed by atoms with Gasteiger partial charge in [0.25, 0.3) is 0 Å². The van der Waals surface area contributed by atoms with Gasteiger partial charge in [0, 0.05) is 0 Å². The Labute approximate surface area is 79.4 Å². The summed E-state index contributed by atoms with van der Waals surface area (Å²) in [5, 5.41) is 0. The molecule has 4 heteroatoms. The summed E-state index contributed by atoms with van der Waals surface area (Å²) in [7, 11) is 4.21. The topological polar surface area (TPSA) is 0 Å². The average Bonchev–Trinajstić information content (AvgIpc) is 1.00. The zero-order valence-electron chi connectivity index (χ0n) is 4.32. The number of hydrogen-bond donors (Lipinski definition) is 0. The van der Waals surface area contributed by atoms with E-state index in [9.17, 15) is 0 Å². The minimum absolute atomic E-state index is 0. The van der Waals surface area contributed by atoms with Crippen molar-refractivity contribution in [1.82, 2.24) is 0 Å². The summed E-state index contributed by atoms with van der Waals surface area (Å²) >= 11 is 0.958. The molecule has 0 aromatic carbocycles. The maximum absolute atomic E-state index is 4.21. The summed E-state index contributed by atoms with van der Waals surface area (Å²) in [6.07, 6.45) is 0. The summed E-state index contributed by atoms with van der Waals surface area (Å²) < 4.78 is 0. The van der Waals surface area contributed by atoms with Crippen molar-refractivity contribution in [2.45, 2.75) is 0 Å². The number of rotatable bonds is 0. The Morgan fingerprint density at radius 3 is 1.50 bits per heavy atom. The van der Waals surface area contributed by atoms with Gasteiger partial charge in [0.05, 0.1) is 0 Å². The fourth-order valence-electron chi connectivity index (χ4n) is 0. The zero-order valence-corrected chi connectivity index (χ0v) is 9.31. The van der Waals surface area contributed by atoms with E-state index in [1.54, 1.807) is 0 Å². The molecule has 0 radical (unpaired) electrons. The fourth-order valence-corrected chi connectivity index (χ4v) is 0. The normalized spacial score (nSPS) is 1.50. The average molecular weight is 174 g/mol. The van der Waals surface area contributed by atoms with Gasteiger partial charge in [-0.25, -0.2) is 0 Å². The van der Waals surface area contributed by atoms with E-state index in [2.05, 4.69) is 10.1 Å². The van der Waals surface area contributed by atoms with Crippen LogP contribution in [0.25, 0.3) is 0 Å². The summed E-state index contributed by atoms with van der Waals surface area (Å²) in [4.78, 5) is 0. The molecule has 0 aromatic rings. The predicted octanol–water partition coefficient (Wildman–Crippen LogP) is 0.603. The van der Waals surface area contributed by atoms with Crippen LogP contribution in [0, 0.1) is 0 Å². The van der Waals surface area contributed by atoms with Crippen LogP contribution in [0.15, 0.2) is 0 Å². The molecule has 0 saturated heterocycles. The second-order valence-electron chi connectivity index (χ2n) is 0. The van der Waals surface area contributed by atoms with Crippen molar-refractivity contribution in [3.63, 3.8) is 0 Å². The molecule has 0 spiro atoms. The Kier molecular flexibility index (Phi) is 72.3. The first kappa shape index (κ1) is 16.1. The summed E-state index contributed by atoms with van der Waals surface area (Å²) in [5.74, 6) is 0. The first-order valence-electron chi connectivity index (χ1n) is 0.289. The summed E-state index contributed by atoms with van der Waals surface area (Å²) in [5.41, 5.74) is 0. The van der Waals surface area contributed by atoms with E-state index in [1.807, 2.05) is 0 Å². The molecule has 0 N–H and O–H groups in total. The maximum atomic E-state index is 4.21. The zero-order chi connectivity index (χ0) is 2.00. The van der Waals surface area contributed by atoms with Gasteiger partial charge < -0.3 is 2.85 Å².